The summed E-state index contributed by atoms with van der Waals surface area (Å²) in [6, 6.07) is 9.48. The Morgan fingerprint density at radius 3 is 2.22 bits per heavy atom. The Morgan fingerprint density at radius 1 is 0.926 bits per heavy atom. The van der Waals surface area contributed by atoms with Gasteiger partial charge in [-0.3, -0.25) is 14.4 Å². The maximum atomic E-state index is 12.8. The molecule has 0 fully saturated rings. The third-order valence-corrected chi connectivity index (χ3v) is 3.87. The van der Waals surface area contributed by atoms with Crippen molar-refractivity contribution in [1.29, 1.82) is 0 Å². The van der Waals surface area contributed by atoms with Crippen molar-refractivity contribution in [3.05, 3.63) is 57.4 Å². The molecule has 1 heterocycles. The lowest BCUT2D eigenvalue weighted by molar-refractivity contribution is -0.132. The van der Waals surface area contributed by atoms with E-state index < -0.39 is 17.4 Å². The van der Waals surface area contributed by atoms with E-state index >= 15 is 0 Å². The Balaban J connectivity index is 2.12. The molecule has 0 aliphatic carbocycles. The molecular weight excluding hydrogens is 420 g/mol. The summed E-state index contributed by atoms with van der Waals surface area (Å²) in [7, 11) is 0. The predicted octanol–water partition coefficient (Wildman–Crippen LogP) is 4.20. The van der Waals surface area contributed by atoms with Crippen LogP contribution in [0.4, 0.5) is 0 Å². The van der Waals surface area contributed by atoms with E-state index in [9.17, 15) is 14.4 Å². The number of hydrogen-bond donors (Lipinski definition) is 0. The van der Waals surface area contributed by atoms with E-state index in [4.69, 9.17) is 18.6 Å². The molecule has 3 aromatic rings. The lowest BCUT2D eigenvalue weighted by Crippen LogP contribution is -2.10. The minimum Gasteiger partial charge on any atom is -0.460 e. The Labute approximate surface area is 161 Å². The third kappa shape index (κ3) is 4.35. The van der Waals surface area contributed by atoms with E-state index in [-0.39, 0.29) is 28.2 Å². The number of halogens is 1. The number of benzene rings is 2. The topological polar surface area (TPSA) is 92.0 Å². The van der Waals surface area contributed by atoms with Gasteiger partial charge in [-0.2, -0.15) is 0 Å². The maximum Gasteiger partial charge on any atom is 0.308 e. The first-order valence-corrected chi connectivity index (χ1v) is 8.52. The van der Waals surface area contributed by atoms with Crippen LogP contribution in [0, 0.1) is 0 Å². The average Bonchev–Trinajstić information content (AvgIpc) is 2.58. The summed E-state index contributed by atoms with van der Waals surface area (Å²) >= 11 is 3.31. The van der Waals surface area contributed by atoms with Gasteiger partial charge in [-0.25, -0.2) is 0 Å². The molecule has 0 aliphatic heterocycles. The molecule has 0 aliphatic rings. The van der Waals surface area contributed by atoms with E-state index in [1.165, 1.54) is 26.0 Å². The molecule has 8 heteroatoms. The SMILES string of the molecule is CC(=O)Oc1cc(OC(C)=O)c2c(=O)c(Oc3ccc(Br)cc3)coc2c1. The highest BCUT2D eigenvalue weighted by Crippen LogP contribution is 2.32. The lowest BCUT2D eigenvalue weighted by Gasteiger charge is -2.10. The van der Waals surface area contributed by atoms with E-state index in [0.29, 0.717) is 5.75 Å². The van der Waals surface area contributed by atoms with Crippen molar-refractivity contribution >= 4 is 38.8 Å². The molecule has 0 bridgehead atoms. The standard InChI is InChI=1S/C19H13BrO7/c1-10(21)25-14-7-15-18(16(8-14)26-11(2)22)19(23)17(9-24-15)27-13-5-3-12(20)4-6-13/h3-9H,1-2H3. The van der Waals surface area contributed by atoms with Gasteiger partial charge in [-0.05, 0) is 24.3 Å². The van der Waals surface area contributed by atoms with Crippen LogP contribution in [0.15, 0.2) is 56.3 Å². The highest BCUT2D eigenvalue weighted by Gasteiger charge is 2.18. The number of ether oxygens (including phenoxy) is 3. The fourth-order valence-electron chi connectivity index (χ4n) is 2.34. The number of hydrogen-bond acceptors (Lipinski definition) is 7. The molecule has 27 heavy (non-hydrogen) atoms. The van der Waals surface area contributed by atoms with E-state index in [0.717, 1.165) is 10.7 Å². The van der Waals surface area contributed by atoms with Crippen LogP contribution in [0.25, 0.3) is 11.0 Å². The van der Waals surface area contributed by atoms with Gasteiger partial charge in [0.15, 0.2) is 0 Å². The fourth-order valence-corrected chi connectivity index (χ4v) is 2.60. The van der Waals surface area contributed by atoms with Crippen LogP contribution in [-0.2, 0) is 9.59 Å². The second kappa shape index (κ2) is 7.63. The van der Waals surface area contributed by atoms with Crippen molar-refractivity contribution in [2.24, 2.45) is 0 Å². The molecule has 3 rings (SSSR count). The van der Waals surface area contributed by atoms with Gasteiger partial charge < -0.3 is 18.6 Å². The maximum absolute atomic E-state index is 12.8. The van der Waals surface area contributed by atoms with Crippen molar-refractivity contribution < 1.29 is 28.2 Å². The summed E-state index contributed by atoms with van der Waals surface area (Å²) in [5.74, 6) is -0.883. The zero-order valence-electron chi connectivity index (χ0n) is 14.3. The first-order valence-electron chi connectivity index (χ1n) is 7.73. The Kier molecular flexibility index (Phi) is 5.27. The van der Waals surface area contributed by atoms with Crippen molar-refractivity contribution in [2.45, 2.75) is 13.8 Å². The molecule has 2 aromatic carbocycles. The number of esters is 2. The van der Waals surface area contributed by atoms with Gasteiger partial charge in [0.05, 0.1) is 0 Å². The third-order valence-electron chi connectivity index (χ3n) is 3.34. The van der Waals surface area contributed by atoms with Crippen LogP contribution in [0.2, 0.25) is 0 Å². The van der Waals surface area contributed by atoms with Crippen LogP contribution < -0.4 is 19.6 Å². The van der Waals surface area contributed by atoms with Gasteiger partial charge in [-0.15, -0.1) is 0 Å². The largest absolute Gasteiger partial charge is 0.460 e. The quantitative estimate of drug-likeness (QED) is 0.450. The van der Waals surface area contributed by atoms with Crippen LogP contribution in [0.1, 0.15) is 13.8 Å². The smallest absolute Gasteiger partial charge is 0.308 e. The van der Waals surface area contributed by atoms with Gasteiger partial charge in [0, 0.05) is 30.5 Å². The molecular formula is C19H13BrO7. The van der Waals surface area contributed by atoms with Gasteiger partial charge in [0.25, 0.3) is 0 Å². The highest BCUT2D eigenvalue weighted by molar-refractivity contribution is 9.10. The molecule has 0 amide bonds. The molecule has 0 atom stereocenters. The summed E-state index contributed by atoms with van der Waals surface area (Å²) in [4.78, 5) is 35.4. The molecule has 0 saturated carbocycles. The molecule has 0 radical (unpaired) electrons. The number of fused-ring (bicyclic) bond motifs is 1. The zero-order chi connectivity index (χ0) is 19.6. The first-order chi connectivity index (χ1) is 12.8. The fraction of sp³-hybridized carbons (Fsp3) is 0.105. The van der Waals surface area contributed by atoms with Crippen molar-refractivity contribution in [2.75, 3.05) is 0 Å². The Morgan fingerprint density at radius 2 is 1.59 bits per heavy atom. The van der Waals surface area contributed by atoms with Gasteiger partial charge in [-0.1, -0.05) is 15.9 Å². The molecule has 0 spiro atoms. The minimum absolute atomic E-state index is 0.00397. The van der Waals surface area contributed by atoms with E-state index in [1.807, 2.05) is 0 Å². The highest BCUT2D eigenvalue weighted by atomic mass is 79.9. The van der Waals surface area contributed by atoms with Gasteiger partial charge >= 0.3 is 11.9 Å². The first kappa shape index (κ1) is 18.7. The van der Waals surface area contributed by atoms with Crippen molar-refractivity contribution in [3.8, 4) is 23.0 Å². The number of rotatable bonds is 4. The van der Waals surface area contributed by atoms with Crippen molar-refractivity contribution in [3.63, 3.8) is 0 Å². The van der Waals surface area contributed by atoms with Crippen LogP contribution in [0.5, 0.6) is 23.0 Å². The second-order valence-electron chi connectivity index (χ2n) is 5.47. The lowest BCUT2D eigenvalue weighted by atomic mass is 10.2. The average molecular weight is 433 g/mol. The summed E-state index contributed by atoms with van der Waals surface area (Å²) in [5.41, 5.74) is -0.456. The zero-order valence-corrected chi connectivity index (χ0v) is 15.9. The molecule has 138 valence electrons. The van der Waals surface area contributed by atoms with Crippen molar-refractivity contribution in [1.82, 2.24) is 0 Å². The minimum atomic E-state index is -0.644. The molecule has 0 saturated heterocycles. The van der Waals surface area contributed by atoms with Gasteiger partial charge in [0.1, 0.15) is 34.5 Å². The predicted molar refractivity (Wildman–Crippen MR) is 99.3 cm³/mol. The van der Waals surface area contributed by atoms with Crippen LogP contribution in [0.3, 0.4) is 0 Å². The molecule has 0 N–H and O–H groups in total. The monoisotopic (exact) mass is 432 g/mol. The van der Waals surface area contributed by atoms with Gasteiger partial charge in [0.2, 0.25) is 11.2 Å². The van der Waals surface area contributed by atoms with E-state index in [1.54, 1.807) is 24.3 Å². The summed E-state index contributed by atoms with van der Waals surface area (Å²) < 4.78 is 22.0. The molecule has 0 unspecified atom stereocenters. The Hall–Kier alpha value is -3.13. The van der Waals surface area contributed by atoms with E-state index in [2.05, 4.69) is 15.9 Å². The summed E-state index contributed by atoms with van der Waals surface area (Å²) in [6.07, 6.45) is 1.14. The van der Waals surface area contributed by atoms with Crippen LogP contribution in [-0.4, -0.2) is 11.9 Å². The van der Waals surface area contributed by atoms with Crippen LogP contribution >= 0.6 is 15.9 Å². The normalized spacial score (nSPS) is 10.5. The second-order valence-corrected chi connectivity index (χ2v) is 6.38. The summed E-state index contributed by atoms with van der Waals surface area (Å²) in [5, 5.41) is -0.00397. The molecule has 7 nitrogen and oxygen atoms in total. The number of carbonyl (C=O) groups excluding carboxylic acids is 2. The summed E-state index contributed by atoms with van der Waals surface area (Å²) in [6.45, 7) is 2.41. The Bertz CT molecular complexity index is 1080. The number of carbonyl (C=O) groups is 2. The molecule has 1 aromatic heterocycles.